The summed E-state index contributed by atoms with van der Waals surface area (Å²) in [4.78, 5) is 13.2. The van der Waals surface area contributed by atoms with E-state index in [0.29, 0.717) is 13.1 Å². The van der Waals surface area contributed by atoms with Gasteiger partial charge >= 0.3 is 0 Å². The first-order valence-electron chi connectivity index (χ1n) is 4.85. The summed E-state index contributed by atoms with van der Waals surface area (Å²) >= 11 is 0. The van der Waals surface area contributed by atoms with Gasteiger partial charge in [0.15, 0.2) is 0 Å². The highest BCUT2D eigenvalue weighted by atomic mass is 16.5. The van der Waals surface area contributed by atoms with Gasteiger partial charge in [-0.15, -0.1) is 0 Å². The first-order chi connectivity index (χ1) is 6.54. The van der Waals surface area contributed by atoms with Gasteiger partial charge in [0.2, 0.25) is 5.91 Å². The van der Waals surface area contributed by atoms with Crippen molar-refractivity contribution in [1.82, 2.24) is 4.90 Å². The molecule has 1 rings (SSSR count). The van der Waals surface area contributed by atoms with E-state index in [-0.39, 0.29) is 24.7 Å². The summed E-state index contributed by atoms with van der Waals surface area (Å²) in [7, 11) is 0. The molecule has 1 aliphatic rings. The molecule has 1 amide bonds. The topological polar surface area (TPSA) is 75.8 Å². The summed E-state index contributed by atoms with van der Waals surface area (Å²) < 4.78 is 5.41. The van der Waals surface area contributed by atoms with Gasteiger partial charge in [-0.05, 0) is 13.8 Å². The molecule has 3 N–H and O–H groups in total. The van der Waals surface area contributed by atoms with E-state index >= 15 is 0 Å². The highest BCUT2D eigenvalue weighted by Gasteiger charge is 2.28. The van der Waals surface area contributed by atoms with Gasteiger partial charge in [-0.25, -0.2) is 0 Å². The van der Waals surface area contributed by atoms with Crippen LogP contribution in [0.25, 0.3) is 0 Å². The summed E-state index contributed by atoms with van der Waals surface area (Å²) in [6.07, 6.45) is -0.315. The maximum atomic E-state index is 11.6. The second-order valence-electron chi connectivity index (χ2n) is 3.78. The number of ether oxygens (including phenoxy) is 1. The molecule has 5 heteroatoms. The Bertz CT molecular complexity index is 208. The third kappa shape index (κ3) is 2.67. The zero-order valence-corrected chi connectivity index (χ0v) is 8.64. The highest BCUT2D eigenvalue weighted by molar-refractivity contribution is 5.81. The molecule has 1 aliphatic heterocycles. The molecule has 1 saturated heterocycles. The lowest BCUT2D eigenvalue weighted by Gasteiger charge is -2.36. The molecular formula is C9H18N2O3. The first kappa shape index (κ1) is 11.4. The third-order valence-corrected chi connectivity index (χ3v) is 2.23. The SMILES string of the molecule is CC1CN(C(=O)C(C)N)CC(CO)O1. The number of morpholine rings is 1. The van der Waals surface area contributed by atoms with E-state index in [9.17, 15) is 4.79 Å². The van der Waals surface area contributed by atoms with Crippen LogP contribution in [-0.4, -0.2) is 53.9 Å². The van der Waals surface area contributed by atoms with Crippen LogP contribution in [0.2, 0.25) is 0 Å². The Kier molecular flexibility index (Phi) is 3.86. The van der Waals surface area contributed by atoms with Crippen LogP contribution < -0.4 is 5.73 Å². The quantitative estimate of drug-likeness (QED) is 0.598. The Morgan fingerprint density at radius 2 is 2.36 bits per heavy atom. The Labute approximate surface area is 83.8 Å². The average Bonchev–Trinajstić information content (AvgIpc) is 2.15. The van der Waals surface area contributed by atoms with E-state index in [0.717, 1.165) is 0 Å². The predicted octanol–water partition coefficient (Wildman–Crippen LogP) is -1.06. The molecule has 0 aromatic rings. The third-order valence-electron chi connectivity index (χ3n) is 2.23. The fraction of sp³-hybridized carbons (Fsp3) is 0.889. The van der Waals surface area contributed by atoms with Crippen molar-refractivity contribution >= 4 is 5.91 Å². The zero-order chi connectivity index (χ0) is 10.7. The molecule has 0 radical (unpaired) electrons. The van der Waals surface area contributed by atoms with Gasteiger partial charge in [-0.1, -0.05) is 0 Å². The van der Waals surface area contributed by atoms with Crippen LogP contribution in [0.4, 0.5) is 0 Å². The second kappa shape index (κ2) is 4.72. The number of rotatable bonds is 2. The van der Waals surface area contributed by atoms with Crippen molar-refractivity contribution in [2.45, 2.75) is 32.1 Å². The number of aliphatic hydroxyl groups excluding tert-OH is 1. The lowest BCUT2D eigenvalue weighted by molar-refractivity contribution is -0.148. The average molecular weight is 202 g/mol. The zero-order valence-electron chi connectivity index (χ0n) is 8.64. The van der Waals surface area contributed by atoms with Crippen molar-refractivity contribution in [2.75, 3.05) is 19.7 Å². The summed E-state index contributed by atoms with van der Waals surface area (Å²) in [5, 5.41) is 8.95. The second-order valence-corrected chi connectivity index (χ2v) is 3.78. The fourth-order valence-electron chi connectivity index (χ4n) is 1.61. The lowest BCUT2D eigenvalue weighted by Crippen LogP contribution is -2.53. The number of hydrogen-bond acceptors (Lipinski definition) is 4. The maximum absolute atomic E-state index is 11.6. The molecule has 1 heterocycles. The Balaban J connectivity index is 2.57. The minimum atomic E-state index is -0.486. The van der Waals surface area contributed by atoms with E-state index in [2.05, 4.69) is 0 Å². The van der Waals surface area contributed by atoms with Crippen LogP contribution in [-0.2, 0) is 9.53 Å². The molecule has 1 fully saturated rings. The van der Waals surface area contributed by atoms with Crippen LogP contribution in [0.15, 0.2) is 0 Å². The molecule has 0 aromatic carbocycles. The Morgan fingerprint density at radius 3 is 2.86 bits per heavy atom. The molecule has 5 nitrogen and oxygen atoms in total. The largest absolute Gasteiger partial charge is 0.394 e. The van der Waals surface area contributed by atoms with Crippen molar-refractivity contribution in [1.29, 1.82) is 0 Å². The standard InChI is InChI=1S/C9H18N2O3/c1-6-3-11(9(13)7(2)10)4-8(5-12)14-6/h6-8,12H,3-5,10H2,1-2H3. The van der Waals surface area contributed by atoms with Crippen molar-refractivity contribution in [3.8, 4) is 0 Å². The number of nitrogens with two attached hydrogens (primary N) is 1. The van der Waals surface area contributed by atoms with Gasteiger partial charge in [0, 0.05) is 13.1 Å². The monoisotopic (exact) mass is 202 g/mol. The molecule has 0 aliphatic carbocycles. The van der Waals surface area contributed by atoms with Crippen LogP contribution >= 0.6 is 0 Å². The van der Waals surface area contributed by atoms with E-state index < -0.39 is 6.04 Å². The lowest BCUT2D eigenvalue weighted by atomic mass is 10.2. The van der Waals surface area contributed by atoms with Crippen molar-refractivity contribution in [2.24, 2.45) is 5.73 Å². The van der Waals surface area contributed by atoms with E-state index in [1.807, 2.05) is 6.92 Å². The minimum Gasteiger partial charge on any atom is -0.394 e. The molecule has 14 heavy (non-hydrogen) atoms. The van der Waals surface area contributed by atoms with Crippen LogP contribution in [0, 0.1) is 0 Å². The number of carbonyl (C=O) groups excluding carboxylic acids is 1. The Morgan fingerprint density at radius 1 is 1.71 bits per heavy atom. The summed E-state index contributed by atoms with van der Waals surface area (Å²) in [5.41, 5.74) is 5.50. The number of carbonyl (C=O) groups is 1. The van der Waals surface area contributed by atoms with Gasteiger partial charge in [0.1, 0.15) is 0 Å². The maximum Gasteiger partial charge on any atom is 0.239 e. The van der Waals surface area contributed by atoms with Crippen LogP contribution in [0.1, 0.15) is 13.8 Å². The molecule has 0 spiro atoms. The van der Waals surface area contributed by atoms with E-state index in [1.54, 1.807) is 11.8 Å². The highest BCUT2D eigenvalue weighted by Crippen LogP contribution is 2.11. The minimum absolute atomic E-state index is 0.0383. The summed E-state index contributed by atoms with van der Waals surface area (Å²) in [6, 6.07) is -0.486. The number of nitrogens with zero attached hydrogens (tertiary/aromatic N) is 1. The van der Waals surface area contributed by atoms with Gasteiger partial charge in [-0.2, -0.15) is 0 Å². The molecule has 3 unspecified atom stereocenters. The summed E-state index contributed by atoms with van der Waals surface area (Å²) in [6.45, 7) is 4.46. The number of aliphatic hydroxyl groups is 1. The molecule has 82 valence electrons. The Hall–Kier alpha value is -0.650. The van der Waals surface area contributed by atoms with Gasteiger partial charge in [0.25, 0.3) is 0 Å². The summed E-state index contributed by atoms with van der Waals surface area (Å²) in [5.74, 6) is -0.0846. The number of hydrogen-bond donors (Lipinski definition) is 2. The van der Waals surface area contributed by atoms with Gasteiger partial charge in [-0.3, -0.25) is 4.79 Å². The molecule has 0 aromatic heterocycles. The molecule has 3 atom stereocenters. The van der Waals surface area contributed by atoms with Crippen molar-refractivity contribution < 1.29 is 14.6 Å². The van der Waals surface area contributed by atoms with Gasteiger partial charge < -0.3 is 20.5 Å². The first-order valence-corrected chi connectivity index (χ1v) is 4.85. The molecule has 0 bridgehead atoms. The van der Waals surface area contributed by atoms with E-state index in [1.165, 1.54) is 0 Å². The van der Waals surface area contributed by atoms with Crippen LogP contribution in [0.3, 0.4) is 0 Å². The predicted molar refractivity (Wildman–Crippen MR) is 51.7 cm³/mol. The van der Waals surface area contributed by atoms with Crippen molar-refractivity contribution in [3.05, 3.63) is 0 Å². The fourth-order valence-corrected chi connectivity index (χ4v) is 1.61. The van der Waals surface area contributed by atoms with Gasteiger partial charge in [0.05, 0.1) is 24.9 Å². The molecule has 0 saturated carbocycles. The smallest absolute Gasteiger partial charge is 0.239 e. The van der Waals surface area contributed by atoms with E-state index in [4.69, 9.17) is 15.6 Å². The normalized spacial score (nSPS) is 30.1. The number of amides is 1. The van der Waals surface area contributed by atoms with Crippen molar-refractivity contribution in [3.63, 3.8) is 0 Å². The molecular weight excluding hydrogens is 184 g/mol. The van der Waals surface area contributed by atoms with Crippen LogP contribution in [0.5, 0.6) is 0 Å².